The summed E-state index contributed by atoms with van der Waals surface area (Å²) in [6, 6.07) is -0.820. The molecule has 0 saturated heterocycles. The number of hydrogen-bond donors (Lipinski definition) is 14. The highest BCUT2D eigenvalue weighted by Gasteiger charge is 2.35. The number of nitrogens with two attached hydrogens (primary N) is 6. The molecule has 0 unspecified atom stereocenters. The van der Waals surface area contributed by atoms with Crippen molar-refractivity contribution in [1.29, 1.82) is 0 Å². The van der Waals surface area contributed by atoms with Crippen LogP contribution in [-0.4, -0.2) is 134 Å². The molecule has 0 bridgehead atoms. The molecule has 0 aliphatic carbocycles. The molecule has 0 saturated carbocycles. The first-order chi connectivity index (χ1) is 37.2. The highest BCUT2D eigenvalue weighted by Crippen LogP contribution is 2.14. The summed E-state index contributed by atoms with van der Waals surface area (Å²) in [4.78, 5) is 122. The Bertz CT molecular complexity index is 1950. The van der Waals surface area contributed by atoms with Crippen molar-refractivity contribution in [2.24, 2.45) is 46.2 Å². The molecule has 0 aliphatic rings. The molecule has 78 heavy (non-hydrogen) atoms. The Hall–Kier alpha value is -5.75. The van der Waals surface area contributed by atoms with Gasteiger partial charge in [0.25, 0.3) is 0 Å². The molecule has 0 spiro atoms. The van der Waals surface area contributed by atoms with Crippen LogP contribution in [0.15, 0.2) is 30.3 Å². The molecule has 23 heteroatoms. The van der Waals surface area contributed by atoms with Crippen LogP contribution in [0.4, 0.5) is 0 Å². The monoisotopic (exact) mass is 1100 g/mol. The maximum atomic E-state index is 14.3. The van der Waals surface area contributed by atoms with E-state index in [0.29, 0.717) is 12.0 Å². The van der Waals surface area contributed by atoms with Crippen molar-refractivity contribution in [3.8, 4) is 0 Å². The highest BCUT2D eigenvalue weighted by atomic mass is 16.2. The summed E-state index contributed by atoms with van der Waals surface area (Å²) in [6.07, 6.45) is 12.9. The number of amides is 9. The molecule has 23 nitrogen and oxygen atoms in total. The smallest absolute Gasteiger partial charge is 0.243 e. The van der Waals surface area contributed by atoms with Gasteiger partial charge in [-0.25, -0.2) is 0 Å². The molecule has 444 valence electrons. The number of unbranched alkanes of at least 4 members (excludes halogenated alkanes) is 10. The van der Waals surface area contributed by atoms with E-state index in [-0.39, 0.29) is 108 Å². The summed E-state index contributed by atoms with van der Waals surface area (Å²) in [7, 11) is 0. The van der Waals surface area contributed by atoms with E-state index in [1.165, 1.54) is 44.9 Å². The third-order valence-corrected chi connectivity index (χ3v) is 13.1. The van der Waals surface area contributed by atoms with Crippen molar-refractivity contribution in [2.75, 3.05) is 32.7 Å². The summed E-state index contributed by atoms with van der Waals surface area (Å²) in [5.74, 6) is -6.38. The Labute approximate surface area is 463 Å². The van der Waals surface area contributed by atoms with Gasteiger partial charge in [-0.05, 0) is 101 Å². The summed E-state index contributed by atoms with van der Waals surface area (Å²) in [5, 5.41) is 21.4. The van der Waals surface area contributed by atoms with E-state index >= 15 is 0 Å². The van der Waals surface area contributed by atoms with Crippen molar-refractivity contribution in [1.82, 2.24) is 42.5 Å². The second-order valence-corrected chi connectivity index (χ2v) is 21.1. The van der Waals surface area contributed by atoms with Gasteiger partial charge in [0.15, 0.2) is 0 Å². The summed E-state index contributed by atoms with van der Waals surface area (Å²) >= 11 is 0. The van der Waals surface area contributed by atoms with Gasteiger partial charge in [0.1, 0.15) is 48.3 Å². The fourth-order valence-electron chi connectivity index (χ4n) is 8.78. The van der Waals surface area contributed by atoms with Gasteiger partial charge in [0.05, 0.1) is 0 Å². The molecule has 0 aromatic heterocycles. The van der Waals surface area contributed by atoms with Gasteiger partial charge in [-0.1, -0.05) is 129 Å². The quantitative estimate of drug-likeness (QED) is 0.0387. The lowest BCUT2D eigenvalue weighted by Gasteiger charge is -2.28. The Morgan fingerprint density at radius 2 is 0.679 bits per heavy atom. The number of hydrogen-bond acceptors (Lipinski definition) is 14. The Kier molecular flexibility index (Phi) is 37.2. The van der Waals surface area contributed by atoms with Gasteiger partial charge in [-0.3, -0.25) is 43.2 Å². The third-order valence-electron chi connectivity index (χ3n) is 13.1. The van der Waals surface area contributed by atoms with E-state index in [1.807, 2.05) is 27.7 Å². The third kappa shape index (κ3) is 29.8. The predicted octanol–water partition coefficient (Wildman–Crippen LogP) is 0.130. The van der Waals surface area contributed by atoms with Crippen molar-refractivity contribution in [3.05, 3.63) is 35.9 Å². The van der Waals surface area contributed by atoms with Crippen LogP contribution in [-0.2, 0) is 49.6 Å². The fraction of sp³-hybridized carbons (Fsp3) is 0.727. The van der Waals surface area contributed by atoms with Crippen LogP contribution in [0.5, 0.6) is 0 Å². The van der Waals surface area contributed by atoms with Crippen LogP contribution in [0.2, 0.25) is 0 Å². The SMILES string of the molecule is CCCCCCCCCCCCCC(=O)N[C@H](CCN)C(=O)N[C@@H](CCN)C(=O)N[C@@H](CCN)C(=O)N[C@@H](CC(C)C)C(=O)N[C@H](Cc1ccccc1)C(=O)N[C@@H](CCN)C(=O)N[C@@H](CCN)C(=O)N[C@@H](CC(C)C)C(N)=O. The van der Waals surface area contributed by atoms with Crippen LogP contribution >= 0.6 is 0 Å². The van der Waals surface area contributed by atoms with Gasteiger partial charge >= 0.3 is 0 Å². The molecule has 20 N–H and O–H groups in total. The summed E-state index contributed by atoms with van der Waals surface area (Å²) < 4.78 is 0. The van der Waals surface area contributed by atoms with Gasteiger partial charge in [0, 0.05) is 12.8 Å². The second kappa shape index (κ2) is 41.3. The predicted molar refractivity (Wildman–Crippen MR) is 303 cm³/mol. The van der Waals surface area contributed by atoms with Crippen LogP contribution in [0, 0.1) is 11.8 Å². The van der Waals surface area contributed by atoms with Crippen LogP contribution in [0.1, 0.15) is 162 Å². The maximum absolute atomic E-state index is 14.3. The van der Waals surface area contributed by atoms with Gasteiger partial charge in [-0.15, -0.1) is 0 Å². The molecule has 0 aliphatic heterocycles. The van der Waals surface area contributed by atoms with E-state index < -0.39 is 95.6 Å². The average Bonchev–Trinajstić information content (AvgIpc) is 3.38. The van der Waals surface area contributed by atoms with Crippen molar-refractivity contribution in [3.63, 3.8) is 0 Å². The van der Waals surface area contributed by atoms with Crippen LogP contribution < -0.4 is 76.9 Å². The molecule has 1 aromatic rings. The molecule has 9 amide bonds. The fourth-order valence-corrected chi connectivity index (χ4v) is 8.78. The average molecular weight is 1100 g/mol. The number of rotatable bonds is 44. The minimum absolute atomic E-state index is 0.0107. The van der Waals surface area contributed by atoms with E-state index in [4.69, 9.17) is 34.4 Å². The molecular formula is C55H100N14O9. The molecule has 0 radical (unpaired) electrons. The molecule has 1 aromatic carbocycles. The summed E-state index contributed by atoms with van der Waals surface area (Å²) in [6.45, 7) is 9.49. The largest absolute Gasteiger partial charge is 0.368 e. The van der Waals surface area contributed by atoms with E-state index in [1.54, 1.807) is 30.3 Å². The van der Waals surface area contributed by atoms with Gasteiger partial charge in [0.2, 0.25) is 53.2 Å². The number of primary amides is 1. The lowest BCUT2D eigenvalue weighted by atomic mass is 10.00. The summed E-state index contributed by atoms with van der Waals surface area (Å²) in [5.41, 5.74) is 35.5. The van der Waals surface area contributed by atoms with Gasteiger partial charge in [-0.2, -0.15) is 0 Å². The lowest BCUT2D eigenvalue weighted by Crippen LogP contribution is -2.61. The zero-order valence-electron chi connectivity index (χ0n) is 47.5. The van der Waals surface area contributed by atoms with Crippen LogP contribution in [0.25, 0.3) is 0 Å². The van der Waals surface area contributed by atoms with Crippen molar-refractivity contribution < 1.29 is 43.2 Å². The zero-order chi connectivity index (χ0) is 58.4. The normalized spacial score (nSPS) is 14.4. The number of benzene rings is 1. The lowest BCUT2D eigenvalue weighted by molar-refractivity contribution is -0.136. The molecule has 8 atom stereocenters. The Morgan fingerprint density at radius 1 is 0.385 bits per heavy atom. The first-order valence-corrected chi connectivity index (χ1v) is 28.5. The molecule has 1 rings (SSSR count). The van der Waals surface area contributed by atoms with Crippen molar-refractivity contribution in [2.45, 2.75) is 211 Å². The van der Waals surface area contributed by atoms with E-state index in [9.17, 15) is 43.2 Å². The standard InChI is InChI=1S/C55H100N14O9/c1-6-7-8-9-10-11-12-13-14-15-19-22-47(70)62-39(23-28-56)49(72)63-40(24-29-57)50(73)65-43(27-32-60)53(76)68-45(34-37(4)5)54(77)69-46(35-38-20-17-16-18-21-38)55(78)66-41(25-30-58)51(74)64-42(26-31-59)52(75)67-44(48(61)71)33-36(2)3/h16-18,20-21,36-37,39-46H,6-15,19,22-35,56-60H2,1-5H3,(H2,61,71)(H,62,70)(H,63,72)(H,64,74)(H,65,73)(H,66,78)(H,67,75)(H,68,76)(H,69,77)/t39-,40+,41+,42+,43+,44+,45+,46-/m1/s1. The van der Waals surface area contributed by atoms with E-state index in [0.717, 1.165) is 19.3 Å². The first kappa shape index (κ1) is 70.3. The number of carbonyl (C=O) groups excluding carboxylic acids is 9. The Balaban J connectivity index is 3.23. The van der Waals surface area contributed by atoms with E-state index in [2.05, 4.69) is 49.5 Å². The molecule has 0 heterocycles. The topological polar surface area (TPSA) is 406 Å². The minimum atomic E-state index is -1.31. The Morgan fingerprint density at radius 3 is 1.04 bits per heavy atom. The number of nitrogens with one attached hydrogen (secondary N) is 8. The highest BCUT2D eigenvalue weighted by molar-refractivity contribution is 5.98. The van der Waals surface area contributed by atoms with Gasteiger partial charge < -0.3 is 76.9 Å². The maximum Gasteiger partial charge on any atom is 0.243 e. The second-order valence-electron chi connectivity index (χ2n) is 21.1. The number of carbonyl (C=O) groups is 9. The zero-order valence-corrected chi connectivity index (χ0v) is 47.5. The molecular weight excluding hydrogens is 1000 g/mol. The minimum Gasteiger partial charge on any atom is -0.368 e. The van der Waals surface area contributed by atoms with Crippen molar-refractivity contribution >= 4 is 53.2 Å². The van der Waals surface area contributed by atoms with Crippen LogP contribution in [0.3, 0.4) is 0 Å². The molecule has 0 fully saturated rings. The first-order valence-electron chi connectivity index (χ1n) is 28.5.